The van der Waals surface area contributed by atoms with Gasteiger partial charge in [-0.25, -0.2) is 0 Å². The summed E-state index contributed by atoms with van der Waals surface area (Å²) in [6.45, 7) is 4.52. The maximum Gasteiger partial charge on any atom is 0.240 e. The molecule has 4 N–H and O–H groups in total. The number of hydrogen-bond donors (Lipinski definition) is 3. The molecule has 1 rings (SSSR count). The largest absolute Gasteiger partial charge is 0.393 e. The van der Waals surface area contributed by atoms with Crippen molar-refractivity contribution in [2.75, 3.05) is 6.54 Å². The second-order valence-electron chi connectivity index (χ2n) is 5.60. The molecule has 0 aliphatic heterocycles. The van der Waals surface area contributed by atoms with Gasteiger partial charge in [0.05, 0.1) is 11.6 Å². The van der Waals surface area contributed by atoms with Gasteiger partial charge in [-0.2, -0.15) is 0 Å². The molecule has 3 atom stereocenters. The van der Waals surface area contributed by atoms with Crippen LogP contribution >= 0.6 is 0 Å². The fraction of sp³-hybridized carbons (Fsp3) is 0.923. The second-order valence-corrected chi connectivity index (χ2v) is 5.60. The van der Waals surface area contributed by atoms with Gasteiger partial charge in [-0.15, -0.1) is 0 Å². The molecule has 0 spiro atoms. The molecule has 1 amide bonds. The average molecular weight is 242 g/mol. The third kappa shape index (κ3) is 4.64. The number of carbonyl (C=O) groups is 1. The molecule has 100 valence electrons. The summed E-state index contributed by atoms with van der Waals surface area (Å²) in [6.07, 6.45) is 5.01. The van der Waals surface area contributed by atoms with Crippen LogP contribution in [-0.4, -0.2) is 29.2 Å². The Hall–Kier alpha value is -0.610. The molecule has 0 saturated heterocycles. The van der Waals surface area contributed by atoms with Crippen LogP contribution in [0.1, 0.15) is 52.4 Å². The van der Waals surface area contributed by atoms with Gasteiger partial charge in [-0.05, 0) is 38.5 Å². The average Bonchev–Trinajstić information content (AvgIpc) is 2.23. The lowest BCUT2D eigenvalue weighted by Gasteiger charge is -2.35. The highest BCUT2D eigenvalue weighted by Crippen LogP contribution is 2.30. The number of hydrogen-bond acceptors (Lipinski definition) is 3. The highest BCUT2D eigenvalue weighted by Gasteiger charge is 2.37. The van der Waals surface area contributed by atoms with Crippen molar-refractivity contribution in [1.29, 1.82) is 0 Å². The molecule has 1 fully saturated rings. The van der Waals surface area contributed by atoms with Crippen molar-refractivity contribution in [3.05, 3.63) is 0 Å². The van der Waals surface area contributed by atoms with Crippen molar-refractivity contribution in [2.24, 2.45) is 11.7 Å². The van der Waals surface area contributed by atoms with E-state index in [1.165, 1.54) is 6.42 Å². The summed E-state index contributed by atoms with van der Waals surface area (Å²) in [7, 11) is 0. The van der Waals surface area contributed by atoms with E-state index in [-0.39, 0.29) is 12.0 Å². The molecule has 0 heterocycles. The number of nitrogens with two attached hydrogens (primary N) is 1. The Morgan fingerprint density at radius 3 is 2.94 bits per heavy atom. The first-order valence-corrected chi connectivity index (χ1v) is 6.69. The molecule has 0 aromatic rings. The molecule has 4 heteroatoms. The number of amides is 1. The van der Waals surface area contributed by atoms with E-state index in [2.05, 4.69) is 12.2 Å². The van der Waals surface area contributed by atoms with Crippen LogP contribution in [0.25, 0.3) is 0 Å². The van der Waals surface area contributed by atoms with E-state index in [1.807, 2.05) is 0 Å². The molecule has 1 aliphatic rings. The maximum absolute atomic E-state index is 12.0. The van der Waals surface area contributed by atoms with Gasteiger partial charge in [0.25, 0.3) is 0 Å². The van der Waals surface area contributed by atoms with Gasteiger partial charge in [0, 0.05) is 6.54 Å². The minimum absolute atomic E-state index is 0.0188. The van der Waals surface area contributed by atoms with Gasteiger partial charge in [-0.3, -0.25) is 4.79 Å². The van der Waals surface area contributed by atoms with E-state index in [1.54, 1.807) is 6.92 Å². The van der Waals surface area contributed by atoms with Gasteiger partial charge in [0.2, 0.25) is 5.91 Å². The Morgan fingerprint density at radius 2 is 2.35 bits per heavy atom. The van der Waals surface area contributed by atoms with Crippen LogP contribution in [0, 0.1) is 5.92 Å². The third-order valence-corrected chi connectivity index (χ3v) is 3.57. The van der Waals surface area contributed by atoms with Gasteiger partial charge in [0.15, 0.2) is 0 Å². The number of nitrogens with one attached hydrogen (secondary N) is 1. The van der Waals surface area contributed by atoms with Crippen molar-refractivity contribution in [3.8, 4) is 0 Å². The standard InChI is InChI=1S/C13H26N2O2/c1-10-5-3-7-13(14,9-10)12(17)15-8-4-6-11(2)16/h10-11,16H,3-9,14H2,1-2H3,(H,15,17). The van der Waals surface area contributed by atoms with Crippen molar-refractivity contribution < 1.29 is 9.90 Å². The highest BCUT2D eigenvalue weighted by atomic mass is 16.3. The molecule has 0 aromatic heterocycles. The van der Waals surface area contributed by atoms with Crippen LogP contribution in [0.15, 0.2) is 0 Å². The van der Waals surface area contributed by atoms with Gasteiger partial charge < -0.3 is 16.2 Å². The zero-order valence-electron chi connectivity index (χ0n) is 11.0. The summed E-state index contributed by atoms with van der Waals surface area (Å²) in [4.78, 5) is 12.0. The predicted octanol–water partition coefficient (Wildman–Crippen LogP) is 1.17. The zero-order valence-corrected chi connectivity index (χ0v) is 11.0. The fourth-order valence-electron chi connectivity index (χ4n) is 2.57. The van der Waals surface area contributed by atoms with Gasteiger partial charge in [0.1, 0.15) is 0 Å². The predicted molar refractivity (Wildman–Crippen MR) is 68.5 cm³/mol. The Balaban J connectivity index is 2.30. The van der Waals surface area contributed by atoms with Gasteiger partial charge in [-0.1, -0.05) is 19.8 Å². The van der Waals surface area contributed by atoms with Gasteiger partial charge >= 0.3 is 0 Å². The fourth-order valence-corrected chi connectivity index (χ4v) is 2.57. The van der Waals surface area contributed by atoms with Crippen LogP contribution in [-0.2, 0) is 4.79 Å². The van der Waals surface area contributed by atoms with E-state index in [0.29, 0.717) is 18.9 Å². The minimum atomic E-state index is -0.664. The molecule has 17 heavy (non-hydrogen) atoms. The molecule has 4 nitrogen and oxygen atoms in total. The van der Waals surface area contributed by atoms with E-state index in [9.17, 15) is 4.79 Å². The molecule has 0 bridgehead atoms. The van der Waals surface area contributed by atoms with Crippen LogP contribution < -0.4 is 11.1 Å². The molecule has 0 radical (unpaired) electrons. The summed E-state index contributed by atoms with van der Waals surface area (Å²) in [5.41, 5.74) is 5.51. The number of aliphatic hydroxyl groups excluding tert-OH is 1. The maximum atomic E-state index is 12.0. The molecular formula is C13H26N2O2. The molecular weight excluding hydrogens is 216 g/mol. The number of carbonyl (C=O) groups excluding carboxylic acids is 1. The molecule has 0 aromatic carbocycles. The minimum Gasteiger partial charge on any atom is -0.393 e. The lowest BCUT2D eigenvalue weighted by Crippen LogP contribution is -2.56. The van der Waals surface area contributed by atoms with Crippen molar-refractivity contribution in [3.63, 3.8) is 0 Å². The van der Waals surface area contributed by atoms with Crippen LogP contribution in [0.5, 0.6) is 0 Å². The first-order chi connectivity index (χ1) is 7.94. The van der Waals surface area contributed by atoms with Crippen molar-refractivity contribution in [1.82, 2.24) is 5.32 Å². The van der Waals surface area contributed by atoms with Crippen LogP contribution in [0.3, 0.4) is 0 Å². The summed E-state index contributed by atoms with van der Waals surface area (Å²) < 4.78 is 0. The highest BCUT2D eigenvalue weighted by molar-refractivity contribution is 5.86. The van der Waals surface area contributed by atoms with Crippen molar-refractivity contribution >= 4 is 5.91 Å². The molecule has 3 unspecified atom stereocenters. The zero-order chi connectivity index (χ0) is 12.9. The smallest absolute Gasteiger partial charge is 0.240 e. The topological polar surface area (TPSA) is 75.3 Å². The lowest BCUT2D eigenvalue weighted by atomic mass is 9.76. The Bertz CT molecular complexity index is 256. The van der Waals surface area contributed by atoms with E-state index in [4.69, 9.17) is 10.8 Å². The number of aliphatic hydroxyl groups is 1. The third-order valence-electron chi connectivity index (χ3n) is 3.57. The number of rotatable bonds is 5. The Kier molecular flexibility index (Phi) is 5.40. The van der Waals surface area contributed by atoms with Crippen LogP contribution in [0.2, 0.25) is 0 Å². The second kappa shape index (κ2) is 6.36. The van der Waals surface area contributed by atoms with Crippen molar-refractivity contribution in [2.45, 2.75) is 64.0 Å². The van der Waals surface area contributed by atoms with E-state index in [0.717, 1.165) is 25.7 Å². The lowest BCUT2D eigenvalue weighted by molar-refractivity contribution is -0.128. The Morgan fingerprint density at radius 1 is 1.65 bits per heavy atom. The molecule has 1 aliphatic carbocycles. The van der Waals surface area contributed by atoms with E-state index >= 15 is 0 Å². The first-order valence-electron chi connectivity index (χ1n) is 6.69. The summed E-state index contributed by atoms with van der Waals surface area (Å²) in [6, 6.07) is 0. The molecule has 1 saturated carbocycles. The monoisotopic (exact) mass is 242 g/mol. The summed E-state index contributed by atoms with van der Waals surface area (Å²) in [5.74, 6) is 0.520. The normalized spacial score (nSPS) is 30.9. The quantitative estimate of drug-likeness (QED) is 0.633. The SMILES string of the molecule is CC(O)CCCNC(=O)C1(N)CCCC(C)C1. The summed E-state index contributed by atoms with van der Waals surface area (Å²) in [5, 5.41) is 12.0. The van der Waals surface area contributed by atoms with Crippen LogP contribution in [0.4, 0.5) is 0 Å². The first kappa shape index (κ1) is 14.5. The van der Waals surface area contributed by atoms with E-state index < -0.39 is 5.54 Å². The summed E-state index contributed by atoms with van der Waals surface area (Å²) >= 11 is 0. The Labute approximate surface area is 104 Å².